The summed E-state index contributed by atoms with van der Waals surface area (Å²) < 4.78 is 28.7. The van der Waals surface area contributed by atoms with Crippen LogP contribution in [0.25, 0.3) is 0 Å². The van der Waals surface area contributed by atoms with Crippen LogP contribution < -0.4 is 10.1 Å². The van der Waals surface area contributed by atoms with Gasteiger partial charge in [0.1, 0.15) is 5.75 Å². The Balaban J connectivity index is 2.08. The first kappa shape index (κ1) is 15.9. The average molecular weight is 312 g/mol. The summed E-state index contributed by atoms with van der Waals surface area (Å²) in [4.78, 5) is 5.27. The summed E-state index contributed by atoms with van der Waals surface area (Å²) in [5.41, 5.74) is 2.87. The molecule has 6 heteroatoms. The van der Waals surface area contributed by atoms with Crippen LogP contribution in [0.5, 0.6) is 5.75 Å². The Morgan fingerprint density at radius 1 is 1.29 bits per heavy atom. The van der Waals surface area contributed by atoms with E-state index in [4.69, 9.17) is 0 Å². The molecular weight excluding hydrogens is 294 g/mol. The molecule has 0 fully saturated rings. The Hall–Kier alpha value is -1.53. The molecule has 0 radical (unpaired) electrons. The molecule has 3 nitrogen and oxygen atoms in total. The Labute approximate surface area is 127 Å². The van der Waals surface area contributed by atoms with E-state index in [-0.39, 0.29) is 11.8 Å². The number of alkyl halides is 2. The fourth-order valence-electron chi connectivity index (χ4n) is 2.05. The van der Waals surface area contributed by atoms with Crippen molar-refractivity contribution in [2.45, 2.75) is 32.4 Å². The summed E-state index contributed by atoms with van der Waals surface area (Å²) in [5, 5.41) is 3.47. The number of nitrogens with zero attached hydrogens (tertiary/aromatic N) is 1. The molecule has 0 aliphatic heterocycles. The fourth-order valence-corrected chi connectivity index (χ4v) is 2.69. The van der Waals surface area contributed by atoms with Gasteiger partial charge in [-0.15, -0.1) is 11.3 Å². The number of hydrogen-bond acceptors (Lipinski definition) is 4. The van der Waals surface area contributed by atoms with Crippen LogP contribution in [0.4, 0.5) is 8.78 Å². The molecule has 21 heavy (non-hydrogen) atoms. The number of ether oxygens (including phenoxy) is 1. The summed E-state index contributed by atoms with van der Waals surface area (Å²) in [6.07, 6.45) is 3.73. The highest BCUT2D eigenvalue weighted by atomic mass is 32.1. The normalized spacial score (nSPS) is 12.6. The third-order valence-corrected chi connectivity index (χ3v) is 3.84. The highest BCUT2D eigenvalue weighted by Gasteiger charge is 2.13. The van der Waals surface area contributed by atoms with Gasteiger partial charge in [0.05, 0.1) is 5.51 Å². The lowest BCUT2D eigenvalue weighted by Gasteiger charge is -2.18. The van der Waals surface area contributed by atoms with Crippen molar-refractivity contribution in [3.05, 3.63) is 46.4 Å². The second-order valence-electron chi connectivity index (χ2n) is 4.63. The van der Waals surface area contributed by atoms with Gasteiger partial charge in [0.25, 0.3) is 0 Å². The van der Waals surface area contributed by atoms with Crippen LogP contribution >= 0.6 is 11.3 Å². The molecule has 114 valence electrons. The predicted octanol–water partition coefficient (Wildman–Crippen LogP) is 4.03. The smallest absolute Gasteiger partial charge is 0.387 e. The zero-order valence-electron chi connectivity index (χ0n) is 11.8. The Morgan fingerprint density at radius 3 is 2.62 bits per heavy atom. The molecular formula is C15H18F2N2OS. The molecule has 2 aromatic rings. The van der Waals surface area contributed by atoms with Crippen molar-refractivity contribution in [1.29, 1.82) is 0 Å². The maximum Gasteiger partial charge on any atom is 0.387 e. The van der Waals surface area contributed by atoms with Crippen molar-refractivity contribution in [3.8, 4) is 5.75 Å². The molecule has 1 aromatic heterocycles. The first-order chi connectivity index (χ1) is 10.2. The van der Waals surface area contributed by atoms with E-state index in [0.717, 1.165) is 24.9 Å². The first-order valence-corrected chi connectivity index (χ1v) is 7.72. The molecule has 2 rings (SSSR count). The third-order valence-electron chi connectivity index (χ3n) is 3.04. The van der Waals surface area contributed by atoms with Gasteiger partial charge in [-0.25, -0.2) is 0 Å². The number of hydrogen-bond donors (Lipinski definition) is 1. The number of aromatic nitrogens is 1. The Kier molecular flexibility index (Phi) is 6.07. The molecule has 1 atom stereocenters. The minimum Gasteiger partial charge on any atom is -0.435 e. The van der Waals surface area contributed by atoms with Crippen molar-refractivity contribution in [1.82, 2.24) is 10.3 Å². The molecule has 0 saturated heterocycles. The third kappa shape index (κ3) is 5.06. The van der Waals surface area contributed by atoms with E-state index in [1.807, 2.05) is 23.8 Å². The summed E-state index contributed by atoms with van der Waals surface area (Å²) in [7, 11) is 0. The fraction of sp³-hybridized carbons (Fsp3) is 0.400. The van der Waals surface area contributed by atoms with Gasteiger partial charge < -0.3 is 10.1 Å². The second kappa shape index (κ2) is 8.05. The van der Waals surface area contributed by atoms with Crippen molar-refractivity contribution in [2.24, 2.45) is 0 Å². The molecule has 0 aliphatic carbocycles. The summed E-state index contributed by atoms with van der Waals surface area (Å²) in [6, 6.07) is 6.95. The van der Waals surface area contributed by atoms with Gasteiger partial charge in [0.15, 0.2) is 0 Å². The Bertz CT molecular complexity index is 517. The van der Waals surface area contributed by atoms with Crippen LogP contribution in [-0.2, 0) is 6.42 Å². The Morgan fingerprint density at radius 2 is 2.05 bits per heavy atom. The van der Waals surface area contributed by atoms with Gasteiger partial charge in [0.2, 0.25) is 0 Å². The lowest BCUT2D eigenvalue weighted by molar-refractivity contribution is -0.0498. The predicted molar refractivity (Wildman–Crippen MR) is 79.9 cm³/mol. The van der Waals surface area contributed by atoms with Crippen LogP contribution in [0.2, 0.25) is 0 Å². The van der Waals surface area contributed by atoms with Crippen molar-refractivity contribution in [3.63, 3.8) is 0 Å². The molecule has 1 heterocycles. The van der Waals surface area contributed by atoms with Gasteiger partial charge in [-0.2, -0.15) is 8.78 Å². The maximum atomic E-state index is 12.2. The largest absolute Gasteiger partial charge is 0.435 e. The molecule has 0 spiro atoms. The van der Waals surface area contributed by atoms with Crippen LogP contribution in [-0.4, -0.2) is 18.1 Å². The zero-order chi connectivity index (χ0) is 15.1. The molecule has 1 aromatic carbocycles. The van der Waals surface area contributed by atoms with Crippen LogP contribution in [0.3, 0.4) is 0 Å². The minimum atomic E-state index is -2.79. The van der Waals surface area contributed by atoms with Crippen LogP contribution in [0, 0.1) is 0 Å². The summed E-state index contributed by atoms with van der Waals surface area (Å²) in [5.74, 6) is 0.181. The number of benzene rings is 1. The van der Waals surface area contributed by atoms with Crippen LogP contribution in [0.15, 0.2) is 36.0 Å². The number of nitrogens with one attached hydrogen (secondary N) is 1. The molecule has 0 amide bonds. The maximum absolute atomic E-state index is 12.2. The zero-order valence-corrected chi connectivity index (χ0v) is 12.6. The molecule has 0 saturated carbocycles. The summed E-state index contributed by atoms with van der Waals surface area (Å²) in [6.45, 7) is 0.219. The highest BCUT2D eigenvalue weighted by Crippen LogP contribution is 2.23. The number of rotatable bonds is 8. The number of halogens is 2. The average Bonchev–Trinajstić information content (AvgIpc) is 2.97. The topological polar surface area (TPSA) is 34.2 Å². The van der Waals surface area contributed by atoms with E-state index in [1.165, 1.54) is 4.88 Å². The standard InChI is InChI=1S/C15H18F2N2OS/c1-2-7-19-14(8-13-9-18-10-21-13)11-3-5-12(6-4-11)20-15(16)17/h3-6,9-10,14-15,19H,2,7-8H2,1H3. The molecule has 0 bridgehead atoms. The molecule has 1 unspecified atom stereocenters. The second-order valence-corrected chi connectivity index (χ2v) is 5.60. The lowest BCUT2D eigenvalue weighted by Crippen LogP contribution is -2.23. The van der Waals surface area contributed by atoms with Gasteiger partial charge in [0, 0.05) is 23.5 Å². The van der Waals surface area contributed by atoms with E-state index in [1.54, 1.807) is 23.5 Å². The molecule has 1 N–H and O–H groups in total. The first-order valence-electron chi connectivity index (χ1n) is 6.84. The van der Waals surface area contributed by atoms with Gasteiger partial charge in [-0.1, -0.05) is 19.1 Å². The van der Waals surface area contributed by atoms with Crippen molar-refractivity contribution < 1.29 is 13.5 Å². The van der Waals surface area contributed by atoms with Gasteiger partial charge in [-0.05, 0) is 30.7 Å². The highest BCUT2D eigenvalue weighted by molar-refractivity contribution is 7.09. The summed E-state index contributed by atoms with van der Waals surface area (Å²) >= 11 is 1.62. The van der Waals surface area contributed by atoms with Gasteiger partial charge in [-0.3, -0.25) is 4.98 Å². The number of thiazole rings is 1. The van der Waals surface area contributed by atoms with Gasteiger partial charge >= 0.3 is 6.61 Å². The molecule has 0 aliphatic rings. The quantitative estimate of drug-likeness (QED) is 0.799. The van der Waals surface area contributed by atoms with E-state index < -0.39 is 6.61 Å². The SMILES string of the molecule is CCCNC(Cc1cncs1)c1ccc(OC(F)F)cc1. The minimum absolute atomic E-state index is 0.144. The van der Waals surface area contributed by atoms with E-state index >= 15 is 0 Å². The monoisotopic (exact) mass is 312 g/mol. The van der Waals surface area contributed by atoms with Crippen molar-refractivity contribution >= 4 is 11.3 Å². The van der Waals surface area contributed by atoms with E-state index in [9.17, 15) is 8.78 Å². The van der Waals surface area contributed by atoms with E-state index in [0.29, 0.717) is 0 Å². The lowest BCUT2D eigenvalue weighted by atomic mass is 10.0. The van der Waals surface area contributed by atoms with Crippen molar-refractivity contribution in [2.75, 3.05) is 6.54 Å². The van der Waals surface area contributed by atoms with E-state index in [2.05, 4.69) is 22.0 Å². The van der Waals surface area contributed by atoms with Crippen LogP contribution in [0.1, 0.15) is 29.8 Å².